The van der Waals surface area contributed by atoms with E-state index in [0.29, 0.717) is 5.69 Å². The average Bonchev–Trinajstić information content (AvgIpc) is 3.39. The summed E-state index contributed by atoms with van der Waals surface area (Å²) >= 11 is 3.07. The Hall–Kier alpha value is -3.24. The van der Waals surface area contributed by atoms with Crippen LogP contribution in [0.1, 0.15) is 16.1 Å². The molecule has 3 aromatic heterocycles. The van der Waals surface area contributed by atoms with E-state index in [1.165, 1.54) is 28.2 Å². The maximum Gasteiger partial charge on any atom is 0.266 e. The fraction of sp³-hybridized carbons (Fsp3) is 0.143. The number of carbonyl (C=O) groups is 1. The zero-order valence-corrected chi connectivity index (χ0v) is 17.9. The molecule has 0 unspecified atom stereocenters. The fourth-order valence-electron chi connectivity index (χ4n) is 2.95. The maximum absolute atomic E-state index is 13.7. The monoisotopic (exact) mass is 458 g/mol. The SMILES string of the molecule is Cc1nc(-c2cccs2)sc1-c1ccc(=O)n(CCNC(=O)c2c(F)cccc2F)n1. The quantitative estimate of drug-likeness (QED) is 0.472. The molecule has 1 aromatic carbocycles. The zero-order chi connectivity index (χ0) is 22.0. The Balaban J connectivity index is 1.50. The van der Waals surface area contributed by atoms with E-state index in [0.717, 1.165) is 32.6 Å². The average molecular weight is 459 g/mol. The highest BCUT2D eigenvalue weighted by atomic mass is 32.1. The van der Waals surface area contributed by atoms with E-state index in [4.69, 9.17) is 0 Å². The topological polar surface area (TPSA) is 76.9 Å². The molecule has 6 nitrogen and oxygen atoms in total. The van der Waals surface area contributed by atoms with Crippen molar-refractivity contribution in [3.05, 3.63) is 81.1 Å². The van der Waals surface area contributed by atoms with Crippen LogP contribution in [0.3, 0.4) is 0 Å². The number of amides is 1. The highest BCUT2D eigenvalue weighted by Gasteiger charge is 2.17. The lowest BCUT2D eigenvalue weighted by atomic mass is 10.2. The molecular weight excluding hydrogens is 442 g/mol. The van der Waals surface area contributed by atoms with Crippen LogP contribution in [-0.4, -0.2) is 27.2 Å². The van der Waals surface area contributed by atoms with E-state index in [1.54, 1.807) is 17.4 Å². The maximum atomic E-state index is 13.7. The smallest absolute Gasteiger partial charge is 0.266 e. The Morgan fingerprint density at radius 3 is 2.61 bits per heavy atom. The van der Waals surface area contributed by atoms with E-state index in [2.05, 4.69) is 15.4 Å². The van der Waals surface area contributed by atoms with Gasteiger partial charge in [-0.2, -0.15) is 5.10 Å². The number of rotatable bonds is 6. The summed E-state index contributed by atoms with van der Waals surface area (Å²) in [4.78, 5) is 30.8. The standard InChI is InChI=1S/C21H16F2N4O2S2/c1-12-19(31-21(25-12)16-6-3-11-30-16)15-7-8-17(28)27(26-15)10-9-24-20(29)18-13(22)4-2-5-14(18)23/h2-8,11H,9-10H2,1H3,(H,24,29). The van der Waals surface area contributed by atoms with Crippen molar-refractivity contribution in [1.82, 2.24) is 20.1 Å². The lowest BCUT2D eigenvalue weighted by Gasteiger charge is -2.09. The molecule has 31 heavy (non-hydrogen) atoms. The van der Waals surface area contributed by atoms with Crippen molar-refractivity contribution in [2.24, 2.45) is 0 Å². The molecule has 1 amide bonds. The van der Waals surface area contributed by atoms with E-state index >= 15 is 0 Å². The van der Waals surface area contributed by atoms with Gasteiger partial charge in [0.25, 0.3) is 11.5 Å². The molecule has 1 N–H and O–H groups in total. The molecule has 0 bridgehead atoms. The molecule has 4 rings (SSSR count). The summed E-state index contributed by atoms with van der Waals surface area (Å²) in [5.41, 5.74) is 0.381. The molecule has 3 heterocycles. The zero-order valence-electron chi connectivity index (χ0n) is 16.3. The molecule has 0 saturated carbocycles. The van der Waals surface area contributed by atoms with Crippen molar-refractivity contribution >= 4 is 28.6 Å². The van der Waals surface area contributed by atoms with Gasteiger partial charge in [0.05, 0.1) is 22.0 Å². The van der Waals surface area contributed by atoms with Crippen molar-refractivity contribution in [2.75, 3.05) is 6.54 Å². The number of nitrogens with zero attached hydrogens (tertiary/aromatic N) is 3. The van der Waals surface area contributed by atoms with E-state index in [1.807, 2.05) is 24.4 Å². The molecular formula is C21H16F2N4O2S2. The third-order valence-corrected chi connectivity index (χ3v) is 6.65. The second-order valence-electron chi connectivity index (χ2n) is 6.54. The van der Waals surface area contributed by atoms with Gasteiger partial charge in [0.2, 0.25) is 0 Å². The number of carbonyl (C=O) groups excluding carboxylic acids is 1. The number of thiophene rings is 1. The van der Waals surface area contributed by atoms with Crippen LogP contribution in [0.4, 0.5) is 8.78 Å². The number of nitrogens with one attached hydrogen (secondary N) is 1. The minimum Gasteiger partial charge on any atom is -0.350 e. The largest absolute Gasteiger partial charge is 0.350 e. The van der Waals surface area contributed by atoms with Crippen LogP contribution in [0, 0.1) is 18.6 Å². The summed E-state index contributed by atoms with van der Waals surface area (Å²) in [5, 5.41) is 9.66. The van der Waals surface area contributed by atoms with Crippen molar-refractivity contribution in [3.8, 4) is 20.5 Å². The highest BCUT2D eigenvalue weighted by Crippen LogP contribution is 2.35. The van der Waals surface area contributed by atoms with E-state index < -0.39 is 23.1 Å². The first-order valence-corrected chi connectivity index (χ1v) is 11.0. The summed E-state index contributed by atoms with van der Waals surface area (Å²) in [7, 11) is 0. The highest BCUT2D eigenvalue weighted by molar-refractivity contribution is 7.23. The van der Waals surface area contributed by atoms with Gasteiger partial charge in [-0.05, 0) is 36.6 Å². The predicted octanol–water partition coefficient (Wildman–Crippen LogP) is 4.11. The Kier molecular flexibility index (Phi) is 6.01. The van der Waals surface area contributed by atoms with Crippen LogP contribution in [0.5, 0.6) is 0 Å². The van der Waals surface area contributed by atoms with Gasteiger partial charge in [0, 0.05) is 12.6 Å². The minimum absolute atomic E-state index is 0.0227. The van der Waals surface area contributed by atoms with Crippen LogP contribution in [0.2, 0.25) is 0 Å². The summed E-state index contributed by atoms with van der Waals surface area (Å²) in [5.74, 6) is -2.78. The number of benzene rings is 1. The van der Waals surface area contributed by atoms with Gasteiger partial charge in [0.15, 0.2) is 0 Å². The third kappa shape index (κ3) is 4.44. The first kappa shape index (κ1) is 21.0. The van der Waals surface area contributed by atoms with Crippen LogP contribution in [-0.2, 0) is 6.54 Å². The number of halogens is 2. The summed E-state index contributed by atoms with van der Waals surface area (Å²) < 4.78 is 28.7. The number of aromatic nitrogens is 3. The second-order valence-corrected chi connectivity index (χ2v) is 8.49. The van der Waals surface area contributed by atoms with Gasteiger partial charge in [-0.15, -0.1) is 22.7 Å². The van der Waals surface area contributed by atoms with Crippen LogP contribution in [0.25, 0.3) is 20.5 Å². The van der Waals surface area contributed by atoms with Gasteiger partial charge < -0.3 is 5.32 Å². The summed E-state index contributed by atoms with van der Waals surface area (Å²) in [6, 6.07) is 10.2. The molecule has 0 aliphatic rings. The van der Waals surface area contributed by atoms with Crippen molar-refractivity contribution in [3.63, 3.8) is 0 Å². The minimum atomic E-state index is -0.947. The van der Waals surface area contributed by atoms with Gasteiger partial charge in [-0.1, -0.05) is 12.1 Å². The number of thiazole rings is 1. The first-order valence-electron chi connectivity index (χ1n) is 9.26. The molecule has 0 aliphatic heterocycles. The molecule has 0 fully saturated rings. The Morgan fingerprint density at radius 1 is 1.13 bits per heavy atom. The van der Waals surface area contributed by atoms with Crippen molar-refractivity contribution in [1.29, 1.82) is 0 Å². The Bertz CT molecular complexity index is 1280. The molecule has 158 valence electrons. The van der Waals surface area contributed by atoms with Crippen molar-refractivity contribution < 1.29 is 13.6 Å². The third-order valence-electron chi connectivity index (χ3n) is 4.43. The summed E-state index contributed by atoms with van der Waals surface area (Å²) in [6.45, 7) is 1.90. The molecule has 4 aromatic rings. The molecule has 0 spiro atoms. The fourth-order valence-corrected chi connectivity index (χ4v) is 4.78. The molecule has 0 radical (unpaired) electrons. The lowest BCUT2D eigenvalue weighted by molar-refractivity contribution is 0.0943. The second kappa shape index (κ2) is 8.86. The number of aryl methyl sites for hydroxylation is 1. The number of hydrogen-bond acceptors (Lipinski definition) is 6. The molecule has 0 atom stereocenters. The van der Waals surface area contributed by atoms with Gasteiger partial charge in [-0.3, -0.25) is 9.59 Å². The Morgan fingerprint density at radius 2 is 1.90 bits per heavy atom. The molecule has 10 heteroatoms. The first-order chi connectivity index (χ1) is 14.9. The van der Waals surface area contributed by atoms with Crippen LogP contribution < -0.4 is 10.9 Å². The summed E-state index contributed by atoms with van der Waals surface area (Å²) in [6.07, 6.45) is 0. The normalized spacial score (nSPS) is 10.9. The Labute approximate surface area is 183 Å². The van der Waals surface area contributed by atoms with Crippen LogP contribution in [0.15, 0.2) is 52.6 Å². The molecule has 0 aliphatic carbocycles. The predicted molar refractivity (Wildman–Crippen MR) is 116 cm³/mol. The van der Waals surface area contributed by atoms with Gasteiger partial charge >= 0.3 is 0 Å². The van der Waals surface area contributed by atoms with Gasteiger partial charge in [-0.25, -0.2) is 18.4 Å². The molecule has 0 saturated heterocycles. The van der Waals surface area contributed by atoms with E-state index in [-0.39, 0.29) is 18.6 Å². The van der Waals surface area contributed by atoms with E-state index in [9.17, 15) is 18.4 Å². The lowest BCUT2D eigenvalue weighted by Crippen LogP contribution is -2.32. The van der Waals surface area contributed by atoms with Gasteiger partial charge in [0.1, 0.15) is 27.9 Å². The van der Waals surface area contributed by atoms with Crippen molar-refractivity contribution in [2.45, 2.75) is 13.5 Å². The number of hydrogen-bond donors (Lipinski definition) is 1. The van der Waals surface area contributed by atoms with Crippen LogP contribution >= 0.6 is 22.7 Å².